The molecule has 1 amide bonds. The van der Waals surface area contributed by atoms with E-state index < -0.39 is 0 Å². The van der Waals surface area contributed by atoms with Crippen molar-refractivity contribution in [3.63, 3.8) is 0 Å². The van der Waals surface area contributed by atoms with Crippen LogP contribution in [0.25, 0.3) is 11.3 Å². The van der Waals surface area contributed by atoms with E-state index in [9.17, 15) is 9.90 Å². The van der Waals surface area contributed by atoms with Crippen LogP contribution in [0.3, 0.4) is 0 Å². The number of aromatic hydroxyl groups is 1. The third-order valence-corrected chi connectivity index (χ3v) is 3.48. The molecule has 0 aliphatic rings. The highest BCUT2D eigenvalue weighted by atomic mass is 35.5. The molecular formula is C17H13ClN2O3. The lowest BCUT2D eigenvalue weighted by molar-refractivity contribution is 0.0942. The molecule has 0 fully saturated rings. The molecule has 0 radical (unpaired) electrons. The highest BCUT2D eigenvalue weighted by molar-refractivity contribution is 6.30. The summed E-state index contributed by atoms with van der Waals surface area (Å²) in [5.74, 6) is 0.320. The molecule has 116 valence electrons. The van der Waals surface area contributed by atoms with E-state index in [2.05, 4.69) is 10.5 Å². The van der Waals surface area contributed by atoms with Crippen molar-refractivity contribution < 1.29 is 14.4 Å². The van der Waals surface area contributed by atoms with Crippen molar-refractivity contribution in [2.75, 3.05) is 0 Å². The lowest BCUT2D eigenvalue weighted by Crippen LogP contribution is -2.22. The summed E-state index contributed by atoms with van der Waals surface area (Å²) < 4.78 is 5.19. The smallest absolute Gasteiger partial charge is 0.273 e. The van der Waals surface area contributed by atoms with Gasteiger partial charge in [-0.25, -0.2) is 0 Å². The average Bonchev–Trinajstić information content (AvgIpc) is 3.04. The molecule has 3 aromatic rings. The monoisotopic (exact) mass is 328 g/mol. The second kappa shape index (κ2) is 6.54. The van der Waals surface area contributed by atoms with E-state index in [0.717, 1.165) is 11.1 Å². The second-order valence-electron chi connectivity index (χ2n) is 4.94. The molecule has 0 unspecified atom stereocenters. The zero-order valence-corrected chi connectivity index (χ0v) is 12.7. The van der Waals surface area contributed by atoms with Gasteiger partial charge in [0, 0.05) is 23.2 Å². The van der Waals surface area contributed by atoms with Crippen molar-refractivity contribution in [1.29, 1.82) is 0 Å². The lowest BCUT2D eigenvalue weighted by Gasteiger charge is -2.03. The molecule has 0 saturated heterocycles. The van der Waals surface area contributed by atoms with Crippen LogP contribution in [0, 0.1) is 0 Å². The van der Waals surface area contributed by atoms with Crippen molar-refractivity contribution in [2.24, 2.45) is 0 Å². The second-order valence-corrected chi connectivity index (χ2v) is 5.37. The van der Waals surface area contributed by atoms with Gasteiger partial charge in [-0.05, 0) is 29.8 Å². The van der Waals surface area contributed by atoms with Crippen LogP contribution in [0.15, 0.2) is 59.1 Å². The van der Waals surface area contributed by atoms with Crippen LogP contribution in [0.2, 0.25) is 5.02 Å². The molecule has 6 heteroatoms. The minimum atomic E-state index is -0.338. The Labute approximate surface area is 137 Å². The van der Waals surface area contributed by atoms with Gasteiger partial charge < -0.3 is 14.9 Å². The molecule has 1 aromatic heterocycles. The first kappa shape index (κ1) is 15.1. The molecule has 3 rings (SSSR count). The first-order valence-electron chi connectivity index (χ1n) is 6.90. The Morgan fingerprint density at radius 2 is 1.96 bits per heavy atom. The lowest BCUT2D eigenvalue weighted by atomic mass is 10.1. The van der Waals surface area contributed by atoms with Crippen molar-refractivity contribution in [2.45, 2.75) is 6.54 Å². The number of carbonyl (C=O) groups excluding carboxylic acids is 1. The molecule has 0 aliphatic carbocycles. The van der Waals surface area contributed by atoms with Gasteiger partial charge in [-0.15, -0.1) is 0 Å². The average molecular weight is 329 g/mol. The Morgan fingerprint density at radius 3 is 2.70 bits per heavy atom. The topological polar surface area (TPSA) is 75.4 Å². The number of amides is 1. The molecule has 0 spiro atoms. The van der Waals surface area contributed by atoms with Gasteiger partial charge in [0.1, 0.15) is 5.75 Å². The number of hydrogen-bond acceptors (Lipinski definition) is 4. The van der Waals surface area contributed by atoms with Gasteiger partial charge >= 0.3 is 0 Å². The number of nitrogens with zero attached hydrogens (tertiary/aromatic N) is 1. The SMILES string of the molecule is O=C(NCc1ccc(O)cc1)c1cc(-c2cccc(Cl)c2)on1. The number of halogens is 1. The van der Waals surface area contributed by atoms with Gasteiger partial charge in [0.2, 0.25) is 0 Å². The third kappa shape index (κ3) is 3.70. The predicted molar refractivity (Wildman–Crippen MR) is 86.2 cm³/mol. The number of nitrogens with one attached hydrogen (secondary N) is 1. The fraction of sp³-hybridized carbons (Fsp3) is 0.0588. The predicted octanol–water partition coefficient (Wildman–Crippen LogP) is 3.63. The normalized spacial score (nSPS) is 10.5. The summed E-state index contributed by atoms with van der Waals surface area (Å²) >= 11 is 5.93. The van der Waals surface area contributed by atoms with Crippen LogP contribution >= 0.6 is 11.6 Å². The third-order valence-electron chi connectivity index (χ3n) is 3.24. The van der Waals surface area contributed by atoms with Crippen molar-refractivity contribution in [1.82, 2.24) is 10.5 Å². The van der Waals surface area contributed by atoms with Crippen LogP contribution in [-0.2, 0) is 6.54 Å². The van der Waals surface area contributed by atoms with Gasteiger partial charge in [-0.2, -0.15) is 0 Å². The molecule has 0 saturated carbocycles. The maximum Gasteiger partial charge on any atom is 0.273 e. The Bertz CT molecular complexity index is 828. The van der Waals surface area contributed by atoms with Gasteiger partial charge in [0.15, 0.2) is 11.5 Å². The molecule has 2 N–H and O–H groups in total. The summed E-state index contributed by atoms with van der Waals surface area (Å²) in [6.07, 6.45) is 0. The summed E-state index contributed by atoms with van der Waals surface area (Å²) in [7, 11) is 0. The van der Waals surface area contributed by atoms with Crippen LogP contribution in [-0.4, -0.2) is 16.2 Å². The number of carbonyl (C=O) groups is 1. The zero-order chi connectivity index (χ0) is 16.2. The summed E-state index contributed by atoms with van der Waals surface area (Å²) in [6, 6.07) is 15.3. The Hall–Kier alpha value is -2.79. The van der Waals surface area contributed by atoms with Crippen LogP contribution in [0.1, 0.15) is 16.1 Å². The number of aromatic nitrogens is 1. The van der Waals surface area contributed by atoms with Gasteiger partial charge in [-0.3, -0.25) is 4.79 Å². The summed E-state index contributed by atoms with van der Waals surface area (Å²) in [6.45, 7) is 0.332. The number of benzene rings is 2. The molecule has 5 nitrogen and oxygen atoms in total. The quantitative estimate of drug-likeness (QED) is 0.767. The van der Waals surface area contributed by atoms with Crippen molar-refractivity contribution >= 4 is 17.5 Å². The van der Waals surface area contributed by atoms with Crippen LogP contribution in [0.5, 0.6) is 5.75 Å². The first-order valence-corrected chi connectivity index (χ1v) is 7.28. The largest absolute Gasteiger partial charge is 0.508 e. The number of phenolic OH excluding ortho intramolecular Hbond substituents is 1. The van der Waals surface area contributed by atoms with E-state index in [1.54, 1.807) is 48.5 Å². The fourth-order valence-electron chi connectivity index (χ4n) is 2.05. The minimum absolute atomic E-state index is 0.183. The molecule has 2 aromatic carbocycles. The van der Waals surface area contributed by atoms with Crippen molar-refractivity contribution in [3.8, 4) is 17.1 Å². The van der Waals surface area contributed by atoms with Crippen LogP contribution < -0.4 is 5.32 Å². The first-order chi connectivity index (χ1) is 11.1. The maximum atomic E-state index is 12.1. The van der Waals surface area contributed by atoms with Gasteiger partial charge in [0.05, 0.1) is 0 Å². The van der Waals surface area contributed by atoms with Gasteiger partial charge in [-0.1, -0.05) is 41.0 Å². The highest BCUT2D eigenvalue weighted by Gasteiger charge is 2.13. The maximum absolute atomic E-state index is 12.1. The highest BCUT2D eigenvalue weighted by Crippen LogP contribution is 2.23. The number of hydrogen-bond donors (Lipinski definition) is 2. The summed E-state index contributed by atoms with van der Waals surface area (Å²) in [5.41, 5.74) is 1.82. The number of rotatable bonds is 4. The molecular weight excluding hydrogens is 316 g/mol. The zero-order valence-electron chi connectivity index (χ0n) is 12.0. The van der Waals surface area contributed by atoms with Crippen molar-refractivity contribution in [3.05, 3.63) is 70.9 Å². The fourth-order valence-corrected chi connectivity index (χ4v) is 2.24. The van der Waals surface area contributed by atoms with E-state index >= 15 is 0 Å². The molecule has 1 heterocycles. The van der Waals surface area contributed by atoms with Gasteiger partial charge in [0.25, 0.3) is 5.91 Å². The van der Waals surface area contributed by atoms with Crippen LogP contribution in [0.4, 0.5) is 0 Å². The summed E-state index contributed by atoms with van der Waals surface area (Å²) in [4.78, 5) is 12.1. The minimum Gasteiger partial charge on any atom is -0.508 e. The standard InChI is InChI=1S/C17H13ClN2O3/c18-13-3-1-2-12(8-13)16-9-15(20-23-16)17(22)19-10-11-4-6-14(21)7-5-11/h1-9,21H,10H2,(H,19,22). The molecule has 0 aliphatic heterocycles. The Morgan fingerprint density at radius 1 is 1.17 bits per heavy atom. The number of phenols is 1. The molecule has 0 bridgehead atoms. The van der Waals surface area contributed by atoms with E-state index in [0.29, 0.717) is 17.3 Å². The van der Waals surface area contributed by atoms with E-state index in [1.165, 1.54) is 0 Å². The molecule has 0 atom stereocenters. The Balaban J connectivity index is 1.67. The summed E-state index contributed by atoms with van der Waals surface area (Å²) in [5, 5.41) is 16.3. The Kier molecular flexibility index (Phi) is 4.30. The molecule has 23 heavy (non-hydrogen) atoms. The van der Waals surface area contributed by atoms with E-state index in [-0.39, 0.29) is 17.4 Å². The van der Waals surface area contributed by atoms with E-state index in [1.807, 2.05) is 6.07 Å². The van der Waals surface area contributed by atoms with E-state index in [4.69, 9.17) is 16.1 Å².